The van der Waals surface area contributed by atoms with Gasteiger partial charge < -0.3 is 9.88 Å². The van der Waals surface area contributed by atoms with Crippen molar-refractivity contribution in [2.45, 2.75) is 25.8 Å². The Labute approximate surface area is 89.7 Å². The normalized spacial score (nSPS) is 26.5. The van der Waals surface area contributed by atoms with Gasteiger partial charge in [0.25, 0.3) is 0 Å². The second kappa shape index (κ2) is 4.14. The van der Waals surface area contributed by atoms with Gasteiger partial charge in [-0.1, -0.05) is 0 Å². The molecule has 1 saturated heterocycles. The number of hydrogen-bond donors (Lipinski definition) is 1. The van der Waals surface area contributed by atoms with Crippen molar-refractivity contribution in [2.24, 2.45) is 13.0 Å². The topological polar surface area (TPSA) is 46.9 Å². The number of nitrogens with one attached hydrogen (secondary N) is 1. The van der Waals surface area contributed by atoms with Crippen LogP contribution in [0.15, 0.2) is 12.4 Å². The van der Waals surface area contributed by atoms with E-state index in [-0.39, 0.29) is 11.7 Å². The molecule has 2 heterocycles. The van der Waals surface area contributed by atoms with Crippen molar-refractivity contribution in [3.05, 3.63) is 18.2 Å². The Kier molecular flexibility index (Phi) is 2.86. The lowest BCUT2D eigenvalue weighted by Crippen LogP contribution is -2.40. The van der Waals surface area contributed by atoms with Gasteiger partial charge in [0.15, 0.2) is 5.82 Å². The summed E-state index contributed by atoms with van der Waals surface area (Å²) in [6.45, 7) is 2.94. The van der Waals surface area contributed by atoms with Gasteiger partial charge in [0, 0.05) is 37.9 Å². The molecule has 0 aromatic carbocycles. The van der Waals surface area contributed by atoms with Crippen LogP contribution in [0.4, 0.5) is 0 Å². The molecule has 1 fully saturated rings. The van der Waals surface area contributed by atoms with Gasteiger partial charge in [0.1, 0.15) is 0 Å². The minimum Gasteiger partial charge on any atom is -0.332 e. The van der Waals surface area contributed by atoms with E-state index in [1.54, 1.807) is 10.8 Å². The van der Waals surface area contributed by atoms with Crippen molar-refractivity contribution in [1.29, 1.82) is 0 Å². The maximum atomic E-state index is 12.1. The van der Waals surface area contributed by atoms with Crippen molar-refractivity contribution in [2.75, 3.05) is 6.54 Å². The average molecular weight is 207 g/mol. The van der Waals surface area contributed by atoms with E-state index in [1.165, 1.54) is 0 Å². The molecular weight excluding hydrogens is 190 g/mol. The fraction of sp³-hybridized carbons (Fsp3) is 0.636. The zero-order valence-electron chi connectivity index (χ0n) is 9.23. The van der Waals surface area contributed by atoms with Crippen LogP contribution in [0.5, 0.6) is 0 Å². The molecule has 2 unspecified atom stereocenters. The third-order valence-corrected chi connectivity index (χ3v) is 3.07. The minimum atomic E-state index is 0.0994. The lowest BCUT2D eigenvalue weighted by atomic mass is 9.91. The zero-order chi connectivity index (χ0) is 10.8. The molecular formula is C11H17N3O. The van der Waals surface area contributed by atoms with E-state index < -0.39 is 0 Å². The lowest BCUT2D eigenvalue weighted by molar-refractivity contribution is 0.0877. The Morgan fingerprint density at radius 2 is 2.40 bits per heavy atom. The van der Waals surface area contributed by atoms with Crippen molar-refractivity contribution >= 4 is 5.78 Å². The largest absolute Gasteiger partial charge is 0.332 e. The van der Waals surface area contributed by atoms with E-state index >= 15 is 0 Å². The van der Waals surface area contributed by atoms with Gasteiger partial charge in [-0.15, -0.1) is 0 Å². The highest BCUT2D eigenvalue weighted by Gasteiger charge is 2.26. The molecule has 82 valence electrons. The molecule has 0 bridgehead atoms. The maximum Gasteiger partial charge on any atom is 0.202 e. The van der Waals surface area contributed by atoms with Gasteiger partial charge in [-0.2, -0.15) is 0 Å². The van der Waals surface area contributed by atoms with E-state index in [0.717, 1.165) is 19.4 Å². The Morgan fingerprint density at radius 3 is 2.93 bits per heavy atom. The molecule has 4 nitrogen and oxygen atoms in total. The first-order chi connectivity index (χ1) is 7.18. The van der Waals surface area contributed by atoms with E-state index in [9.17, 15) is 4.79 Å². The highest BCUT2D eigenvalue weighted by Crippen LogP contribution is 2.17. The quantitative estimate of drug-likeness (QED) is 0.736. The number of hydrogen-bond acceptors (Lipinski definition) is 3. The molecule has 1 aliphatic rings. The van der Waals surface area contributed by atoms with E-state index in [2.05, 4.69) is 17.2 Å². The predicted octanol–water partition coefficient (Wildman–Crippen LogP) is 0.991. The number of aryl methyl sites for hydroxylation is 1. The average Bonchev–Trinajstić information content (AvgIpc) is 2.65. The second-order valence-corrected chi connectivity index (χ2v) is 4.31. The first kappa shape index (κ1) is 10.4. The molecule has 1 aromatic heterocycles. The summed E-state index contributed by atoms with van der Waals surface area (Å²) in [6.07, 6.45) is 5.53. The van der Waals surface area contributed by atoms with Crippen LogP contribution in [-0.2, 0) is 7.05 Å². The summed E-state index contributed by atoms with van der Waals surface area (Å²) in [7, 11) is 1.86. The van der Waals surface area contributed by atoms with Crippen molar-refractivity contribution in [3.63, 3.8) is 0 Å². The number of nitrogens with zero attached hydrogens (tertiary/aromatic N) is 2. The number of carbonyl (C=O) groups is 1. The van der Waals surface area contributed by atoms with Gasteiger partial charge in [0.2, 0.25) is 5.78 Å². The molecule has 1 aromatic rings. The Bertz CT molecular complexity index is 350. The SMILES string of the molecule is CC1CCC(C(=O)c2nccn2C)CN1. The van der Waals surface area contributed by atoms with Crippen LogP contribution in [0.3, 0.4) is 0 Å². The predicted molar refractivity (Wildman–Crippen MR) is 57.7 cm³/mol. The molecule has 0 amide bonds. The molecule has 2 rings (SSSR count). The lowest BCUT2D eigenvalue weighted by Gasteiger charge is -2.26. The summed E-state index contributed by atoms with van der Waals surface area (Å²) >= 11 is 0. The molecule has 0 aliphatic carbocycles. The molecule has 2 atom stereocenters. The maximum absolute atomic E-state index is 12.1. The van der Waals surface area contributed by atoms with Gasteiger partial charge in [-0.3, -0.25) is 4.79 Å². The standard InChI is InChI=1S/C11H17N3O/c1-8-3-4-9(7-13-8)10(15)11-12-5-6-14(11)2/h5-6,8-9,13H,3-4,7H2,1-2H3. The van der Waals surface area contributed by atoms with Crippen LogP contribution in [0.2, 0.25) is 0 Å². The molecule has 0 spiro atoms. The Hall–Kier alpha value is -1.16. The van der Waals surface area contributed by atoms with Crippen LogP contribution in [0.25, 0.3) is 0 Å². The molecule has 0 saturated carbocycles. The highest BCUT2D eigenvalue weighted by molar-refractivity contribution is 5.94. The summed E-state index contributed by atoms with van der Waals surface area (Å²) in [6, 6.07) is 0.537. The van der Waals surface area contributed by atoms with Gasteiger partial charge in [-0.05, 0) is 19.8 Å². The number of aromatic nitrogens is 2. The van der Waals surface area contributed by atoms with Gasteiger partial charge in [0.05, 0.1) is 0 Å². The summed E-state index contributed by atoms with van der Waals surface area (Å²) < 4.78 is 1.79. The summed E-state index contributed by atoms with van der Waals surface area (Å²) in [5.41, 5.74) is 0. The number of ketones is 1. The van der Waals surface area contributed by atoms with Crippen LogP contribution in [0.1, 0.15) is 30.4 Å². The molecule has 4 heteroatoms. The van der Waals surface area contributed by atoms with E-state index in [1.807, 2.05) is 13.2 Å². The fourth-order valence-corrected chi connectivity index (χ4v) is 2.01. The monoisotopic (exact) mass is 207 g/mol. The summed E-state index contributed by atoms with van der Waals surface area (Å²) in [5, 5.41) is 3.34. The minimum absolute atomic E-state index is 0.0994. The Balaban J connectivity index is 2.06. The highest BCUT2D eigenvalue weighted by atomic mass is 16.1. The fourth-order valence-electron chi connectivity index (χ4n) is 2.01. The first-order valence-electron chi connectivity index (χ1n) is 5.43. The van der Waals surface area contributed by atoms with Gasteiger partial charge in [-0.25, -0.2) is 4.98 Å². The van der Waals surface area contributed by atoms with Crippen molar-refractivity contribution < 1.29 is 4.79 Å². The smallest absolute Gasteiger partial charge is 0.202 e. The molecule has 1 N–H and O–H groups in total. The molecule has 0 radical (unpaired) electrons. The number of carbonyl (C=O) groups excluding carboxylic acids is 1. The van der Waals surface area contributed by atoms with Crippen LogP contribution >= 0.6 is 0 Å². The number of imidazole rings is 1. The van der Waals surface area contributed by atoms with Crippen LogP contribution < -0.4 is 5.32 Å². The molecule has 15 heavy (non-hydrogen) atoms. The zero-order valence-corrected chi connectivity index (χ0v) is 9.23. The summed E-state index contributed by atoms with van der Waals surface area (Å²) in [5.74, 6) is 0.848. The van der Waals surface area contributed by atoms with Crippen molar-refractivity contribution in [3.8, 4) is 0 Å². The third-order valence-electron chi connectivity index (χ3n) is 3.07. The number of rotatable bonds is 2. The van der Waals surface area contributed by atoms with Crippen molar-refractivity contribution in [1.82, 2.24) is 14.9 Å². The number of piperidine rings is 1. The number of Topliss-reactive ketones (excluding diaryl/α,β-unsaturated/α-hetero) is 1. The van der Waals surface area contributed by atoms with Gasteiger partial charge >= 0.3 is 0 Å². The Morgan fingerprint density at radius 1 is 1.60 bits per heavy atom. The van der Waals surface area contributed by atoms with E-state index in [4.69, 9.17) is 0 Å². The van der Waals surface area contributed by atoms with Crippen LogP contribution in [-0.4, -0.2) is 27.9 Å². The summed E-state index contributed by atoms with van der Waals surface area (Å²) in [4.78, 5) is 16.2. The molecule has 1 aliphatic heterocycles. The third kappa shape index (κ3) is 2.09. The first-order valence-corrected chi connectivity index (χ1v) is 5.43. The van der Waals surface area contributed by atoms with Crippen LogP contribution in [0, 0.1) is 5.92 Å². The second-order valence-electron chi connectivity index (χ2n) is 4.31. The van der Waals surface area contributed by atoms with E-state index in [0.29, 0.717) is 11.9 Å².